The Labute approximate surface area is 175 Å². The van der Waals surface area contributed by atoms with Crippen LogP contribution >= 0.6 is 11.6 Å². The minimum Gasteiger partial charge on any atom is -0.451 e. The third kappa shape index (κ3) is 6.32. The average Bonchev–Trinajstić information content (AvgIpc) is 2.72. The topological polar surface area (TPSA) is 84.5 Å². The van der Waals surface area contributed by atoms with Gasteiger partial charge in [-0.15, -0.1) is 0 Å². The molecule has 0 saturated heterocycles. The molecule has 2 rings (SSSR count). The fourth-order valence-electron chi connectivity index (χ4n) is 2.78. The van der Waals surface area contributed by atoms with Crippen molar-refractivity contribution < 1.29 is 19.1 Å². The zero-order valence-corrected chi connectivity index (χ0v) is 17.5. The fraction of sp³-hybridized carbons (Fsp3) is 0.318. The molecule has 0 radical (unpaired) electrons. The van der Waals surface area contributed by atoms with E-state index in [4.69, 9.17) is 16.3 Å². The maximum atomic E-state index is 12.5. The van der Waals surface area contributed by atoms with E-state index in [0.29, 0.717) is 10.6 Å². The first-order valence-corrected chi connectivity index (χ1v) is 9.88. The average molecular weight is 417 g/mol. The number of anilines is 1. The van der Waals surface area contributed by atoms with Gasteiger partial charge in [0.05, 0.1) is 0 Å². The molecule has 0 aliphatic heterocycles. The highest BCUT2D eigenvalue weighted by molar-refractivity contribution is 6.30. The van der Waals surface area contributed by atoms with Crippen molar-refractivity contribution in [3.63, 3.8) is 0 Å². The van der Waals surface area contributed by atoms with Crippen LogP contribution in [0.5, 0.6) is 0 Å². The van der Waals surface area contributed by atoms with E-state index in [1.807, 2.05) is 32.0 Å². The molecule has 0 bridgehead atoms. The molecule has 0 fully saturated rings. The number of nitrogens with one attached hydrogen (secondary N) is 2. The summed E-state index contributed by atoms with van der Waals surface area (Å²) in [5.74, 6) is -1.55. The lowest BCUT2D eigenvalue weighted by Crippen LogP contribution is -2.36. The van der Waals surface area contributed by atoms with Gasteiger partial charge in [-0.3, -0.25) is 14.4 Å². The van der Waals surface area contributed by atoms with Crippen LogP contribution in [-0.2, 0) is 27.2 Å². The summed E-state index contributed by atoms with van der Waals surface area (Å²) in [6, 6.07) is 12.1. The third-order valence-electron chi connectivity index (χ3n) is 4.42. The van der Waals surface area contributed by atoms with Gasteiger partial charge in [-0.05, 0) is 55.2 Å². The summed E-state index contributed by atoms with van der Waals surface area (Å²) in [5, 5.41) is 5.84. The molecule has 0 aliphatic carbocycles. The molecule has 2 amide bonds. The van der Waals surface area contributed by atoms with Crippen molar-refractivity contribution in [3.05, 3.63) is 64.2 Å². The first-order valence-electron chi connectivity index (χ1n) is 9.50. The number of aryl methyl sites for hydroxylation is 2. The van der Waals surface area contributed by atoms with Crippen molar-refractivity contribution in [1.29, 1.82) is 0 Å². The zero-order chi connectivity index (χ0) is 21.4. The predicted octanol–water partition coefficient (Wildman–Crippen LogP) is 3.77. The van der Waals surface area contributed by atoms with Crippen LogP contribution in [0.15, 0.2) is 42.5 Å². The van der Waals surface area contributed by atoms with Crippen LogP contribution in [-0.4, -0.2) is 30.4 Å². The molecule has 7 heteroatoms. The fourth-order valence-corrected chi connectivity index (χ4v) is 2.90. The highest BCUT2D eigenvalue weighted by atomic mass is 35.5. The minimum atomic E-state index is -0.996. The van der Waals surface area contributed by atoms with Crippen LogP contribution in [0.2, 0.25) is 5.02 Å². The van der Waals surface area contributed by atoms with Crippen LogP contribution in [0.4, 0.5) is 5.69 Å². The van der Waals surface area contributed by atoms with E-state index in [9.17, 15) is 14.4 Å². The molecule has 1 atom stereocenters. The maximum absolute atomic E-state index is 12.5. The predicted molar refractivity (Wildman–Crippen MR) is 113 cm³/mol. The highest BCUT2D eigenvalue weighted by Gasteiger charge is 2.20. The molecule has 0 spiro atoms. The first kappa shape index (κ1) is 22.4. The molecule has 29 heavy (non-hydrogen) atoms. The van der Waals surface area contributed by atoms with Crippen LogP contribution in [0.3, 0.4) is 0 Å². The molecule has 0 aromatic heterocycles. The van der Waals surface area contributed by atoms with E-state index in [0.717, 1.165) is 29.7 Å². The molecule has 154 valence electrons. The number of hydrogen-bond donors (Lipinski definition) is 2. The molecule has 6 nitrogen and oxygen atoms in total. The van der Waals surface area contributed by atoms with Crippen LogP contribution in [0.1, 0.15) is 42.3 Å². The Morgan fingerprint density at radius 3 is 2.14 bits per heavy atom. The van der Waals surface area contributed by atoms with Gasteiger partial charge in [-0.2, -0.15) is 0 Å². The maximum Gasteiger partial charge on any atom is 0.326 e. The molecule has 2 aromatic carbocycles. The summed E-state index contributed by atoms with van der Waals surface area (Å²) in [7, 11) is 0. The van der Waals surface area contributed by atoms with Crippen LogP contribution < -0.4 is 10.6 Å². The number of rotatable bonds is 8. The normalized spacial score (nSPS) is 11.4. The number of benzene rings is 2. The van der Waals surface area contributed by atoms with E-state index >= 15 is 0 Å². The van der Waals surface area contributed by atoms with Gasteiger partial charge in [0.25, 0.3) is 11.8 Å². The lowest BCUT2D eigenvalue weighted by molar-refractivity contribution is -0.152. The van der Waals surface area contributed by atoms with Crippen molar-refractivity contribution in [2.75, 3.05) is 11.9 Å². The lowest BCUT2D eigenvalue weighted by atomic mass is 10.0. The molecule has 2 aromatic rings. The summed E-state index contributed by atoms with van der Waals surface area (Å²) >= 11 is 5.78. The molecular formula is C22H25ClN2O4. The number of esters is 1. The standard InChI is InChI=1S/C22H25ClN2O4/c1-4-15-7-6-8-16(5-2)20(15)25-21(27)14(3)29-19(26)13-24-22(28)17-9-11-18(23)12-10-17/h6-12,14H,4-5,13H2,1-3H3,(H,24,28)(H,25,27)/t14-/m0/s1. The second-order valence-corrected chi connectivity index (χ2v) is 6.91. The highest BCUT2D eigenvalue weighted by Crippen LogP contribution is 2.23. The van der Waals surface area contributed by atoms with E-state index < -0.39 is 23.9 Å². The minimum absolute atomic E-state index is 0.342. The lowest BCUT2D eigenvalue weighted by Gasteiger charge is -2.18. The third-order valence-corrected chi connectivity index (χ3v) is 4.68. The Bertz CT molecular complexity index is 859. The molecule has 0 heterocycles. The van der Waals surface area contributed by atoms with Gasteiger partial charge in [0.1, 0.15) is 6.54 Å². The zero-order valence-electron chi connectivity index (χ0n) is 16.8. The van der Waals surface area contributed by atoms with E-state index in [2.05, 4.69) is 10.6 Å². The van der Waals surface area contributed by atoms with Crippen molar-refractivity contribution >= 4 is 35.1 Å². The number of amides is 2. The van der Waals surface area contributed by atoms with Crippen LogP contribution in [0.25, 0.3) is 0 Å². The summed E-state index contributed by atoms with van der Waals surface area (Å²) in [5.41, 5.74) is 3.18. The monoisotopic (exact) mass is 416 g/mol. The van der Waals surface area contributed by atoms with Crippen molar-refractivity contribution in [1.82, 2.24) is 5.32 Å². The van der Waals surface area contributed by atoms with Crippen molar-refractivity contribution in [2.45, 2.75) is 39.7 Å². The first-order chi connectivity index (χ1) is 13.8. The number of halogens is 1. The number of ether oxygens (including phenoxy) is 1. The van der Waals surface area contributed by atoms with Gasteiger partial charge >= 0.3 is 5.97 Å². The molecule has 0 unspecified atom stereocenters. The van der Waals surface area contributed by atoms with Gasteiger partial charge in [0.15, 0.2) is 6.10 Å². The Kier molecular flexibility index (Phi) is 8.21. The summed E-state index contributed by atoms with van der Waals surface area (Å²) in [6.45, 7) is 5.17. The quantitative estimate of drug-likeness (QED) is 0.641. The largest absolute Gasteiger partial charge is 0.451 e. The van der Waals surface area contributed by atoms with Crippen LogP contribution in [0, 0.1) is 0 Å². The van der Waals surface area contributed by atoms with Gasteiger partial charge in [-0.1, -0.05) is 43.6 Å². The van der Waals surface area contributed by atoms with Crippen molar-refractivity contribution in [2.24, 2.45) is 0 Å². The van der Waals surface area contributed by atoms with E-state index in [1.54, 1.807) is 24.3 Å². The second-order valence-electron chi connectivity index (χ2n) is 6.47. The van der Waals surface area contributed by atoms with Gasteiger partial charge in [0.2, 0.25) is 0 Å². The van der Waals surface area contributed by atoms with Gasteiger partial charge in [-0.25, -0.2) is 0 Å². The number of carbonyl (C=O) groups is 3. The number of hydrogen-bond acceptors (Lipinski definition) is 4. The SMILES string of the molecule is CCc1cccc(CC)c1NC(=O)[C@H](C)OC(=O)CNC(=O)c1ccc(Cl)cc1. The van der Waals surface area contributed by atoms with Crippen molar-refractivity contribution in [3.8, 4) is 0 Å². The second kappa shape index (κ2) is 10.6. The smallest absolute Gasteiger partial charge is 0.326 e. The van der Waals surface area contributed by atoms with E-state index in [-0.39, 0.29) is 6.54 Å². The number of para-hydroxylation sites is 1. The Morgan fingerprint density at radius 1 is 1.00 bits per heavy atom. The number of carbonyl (C=O) groups excluding carboxylic acids is 3. The summed E-state index contributed by atoms with van der Waals surface area (Å²) in [4.78, 5) is 36.5. The van der Waals surface area contributed by atoms with Gasteiger partial charge < -0.3 is 15.4 Å². The summed E-state index contributed by atoms with van der Waals surface area (Å²) in [6.07, 6.45) is 0.549. The molecular weight excluding hydrogens is 392 g/mol. The Hall–Kier alpha value is -2.86. The molecule has 2 N–H and O–H groups in total. The molecule has 0 aliphatic rings. The Morgan fingerprint density at radius 2 is 1.59 bits per heavy atom. The summed E-state index contributed by atoms with van der Waals surface area (Å²) < 4.78 is 5.15. The van der Waals surface area contributed by atoms with Gasteiger partial charge in [0, 0.05) is 16.3 Å². The van der Waals surface area contributed by atoms with E-state index in [1.165, 1.54) is 6.92 Å². The molecule has 0 saturated carbocycles. The Balaban J connectivity index is 1.90.